The normalized spacial score (nSPS) is 18.5. The average molecular weight is 479 g/mol. The molecule has 1 fully saturated rings. The molecule has 35 heavy (non-hydrogen) atoms. The van der Waals surface area contributed by atoms with Gasteiger partial charge in [-0.2, -0.15) is 0 Å². The maximum Gasteiger partial charge on any atom is 0.243 e. The number of hydrogen-bond acceptors (Lipinski definition) is 4. The first-order valence-electron chi connectivity index (χ1n) is 11.7. The minimum absolute atomic E-state index is 0.0164. The number of nitrogens with zero attached hydrogens (tertiary/aromatic N) is 3. The van der Waals surface area contributed by atoms with Crippen molar-refractivity contribution < 1.29 is 18.4 Å². The van der Waals surface area contributed by atoms with Crippen LogP contribution in [0.25, 0.3) is 0 Å². The summed E-state index contributed by atoms with van der Waals surface area (Å²) in [6.45, 7) is 3.66. The van der Waals surface area contributed by atoms with Crippen LogP contribution >= 0.6 is 0 Å². The molecule has 0 spiro atoms. The smallest absolute Gasteiger partial charge is 0.243 e. The van der Waals surface area contributed by atoms with Crippen molar-refractivity contribution in [3.63, 3.8) is 0 Å². The van der Waals surface area contributed by atoms with Crippen LogP contribution in [0.1, 0.15) is 54.6 Å². The largest absolute Gasteiger partial charge is 0.343 e. The van der Waals surface area contributed by atoms with Crippen molar-refractivity contribution in [2.75, 3.05) is 6.54 Å². The molecule has 1 N–H and O–H groups in total. The Balaban J connectivity index is 1.58. The Labute approximate surface area is 203 Å². The third-order valence-electron chi connectivity index (χ3n) is 6.22. The molecule has 3 aromatic rings. The molecule has 2 aromatic carbocycles. The molecule has 0 aliphatic carbocycles. The van der Waals surface area contributed by atoms with Gasteiger partial charge in [-0.25, -0.2) is 8.78 Å². The zero-order chi connectivity index (χ0) is 24.9. The van der Waals surface area contributed by atoms with E-state index in [1.165, 1.54) is 29.6 Å². The maximum atomic E-state index is 14.8. The highest BCUT2D eigenvalue weighted by atomic mass is 19.1. The van der Waals surface area contributed by atoms with E-state index in [1.807, 2.05) is 44.2 Å². The lowest BCUT2D eigenvalue weighted by molar-refractivity contribution is -0.138. The molecule has 182 valence electrons. The Morgan fingerprint density at radius 2 is 1.89 bits per heavy atom. The Morgan fingerprint density at radius 1 is 1.11 bits per heavy atom. The van der Waals surface area contributed by atoms with E-state index in [1.54, 1.807) is 12.1 Å². The lowest BCUT2D eigenvalue weighted by atomic mass is 9.94. The minimum Gasteiger partial charge on any atom is -0.343 e. The standard InChI is InChI=1S/C27H28F2N4O2/c1-17(2)22-9-8-19(12-23(22)29)26(18-6-4-3-5-7-18)32-27(35)24-13-20(28)16-33(24)25(34)14-21-15-30-10-11-31-21/h3-12,15,17,20,24,26H,13-14,16H2,1-2H3,(H,32,35). The van der Waals surface area contributed by atoms with E-state index in [4.69, 9.17) is 0 Å². The number of likely N-dealkylation sites (tertiary alicyclic amines) is 1. The molecule has 8 heteroatoms. The van der Waals surface area contributed by atoms with Gasteiger partial charge in [0.25, 0.3) is 0 Å². The quantitative estimate of drug-likeness (QED) is 0.554. The second-order valence-electron chi connectivity index (χ2n) is 9.06. The van der Waals surface area contributed by atoms with E-state index >= 15 is 0 Å². The van der Waals surface area contributed by atoms with E-state index in [9.17, 15) is 18.4 Å². The zero-order valence-corrected chi connectivity index (χ0v) is 19.7. The van der Waals surface area contributed by atoms with Crippen molar-refractivity contribution in [2.24, 2.45) is 0 Å². The van der Waals surface area contributed by atoms with Gasteiger partial charge in [0.2, 0.25) is 11.8 Å². The fourth-order valence-electron chi connectivity index (χ4n) is 4.42. The van der Waals surface area contributed by atoms with Gasteiger partial charge >= 0.3 is 0 Å². The van der Waals surface area contributed by atoms with E-state index in [0.717, 1.165) is 5.56 Å². The third-order valence-corrected chi connectivity index (χ3v) is 6.22. The number of hydrogen-bond donors (Lipinski definition) is 1. The first-order valence-corrected chi connectivity index (χ1v) is 11.7. The summed E-state index contributed by atoms with van der Waals surface area (Å²) in [4.78, 5) is 35.6. The number of amides is 2. The van der Waals surface area contributed by atoms with Crippen molar-refractivity contribution in [3.05, 3.63) is 95.3 Å². The van der Waals surface area contributed by atoms with E-state index < -0.39 is 30.1 Å². The molecule has 2 heterocycles. The van der Waals surface area contributed by atoms with Crippen molar-refractivity contribution in [2.45, 2.75) is 50.9 Å². The third kappa shape index (κ3) is 5.70. The summed E-state index contributed by atoms with van der Waals surface area (Å²) >= 11 is 0. The fourth-order valence-corrected chi connectivity index (χ4v) is 4.42. The van der Waals surface area contributed by atoms with Crippen molar-refractivity contribution >= 4 is 11.8 Å². The number of aromatic nitrogens is 2. The SMILES string of the molecule is CC(C)c1ccc(C(NC(=O)C2CC(F)CN2C(=O)Cc2cnccn2)c2ccccc2)cc1F. The molecular weight excluding hydrogens is 450 g/mol. The van der Waals surface area contributed by atoms with Gasteiger partial charge in [-0.05, 0) is 28.7 Å². The van der Waals surface area contributed by atoms with Crippen LogP contribution in [0.4, 0.5) is 8.78 Å². The molecule has 1 aliphatic rings. The number of benzene rings is 2. The molecule has 4 rings (SSSR count). The second-order valence-corrected chi connectivity index (χ2v) is 9.06. The Kier molecular flexibility index (Phi) is 7.48. The molecule has 1 saturated heterocycles. The molecule has 0 saturated carbocycles. The van der Waals surface area contributed by atoms with Crippen molar-refractivity contribution in [1.82, 2.24) is 20.2 Å². The van der Waals surface area contributed by atoms with Crippen LogP contribution in [0, 0.1) is 5.82 Å². The van der Waals surface area contributed by atoms with Crippen LogP contribution in [0.15, 0.2) is 67.1 Å². The summed E-state index contributed by atoms with van der Waals surface area (Å²) in [7, 11) is 0. The van der Waals surface area contributed by atoms with Gasteiger partial charge in [0.1, 0.15) is 18.0 Å². The van der Waals surface area contributed by atoms with Crippen LogP contribution in [0.3, 0.4) is 0 Å². The summed E-state index contributed by atoms with van der Waals surface area (Å²) in [5.41, 5.74) is 2.36. The van der Waals surface area contributed by atoms with Gasteiger partial charge in [0.05, 0.1) is 24.7 Å². The monoisotopic (exact) mass is 478 g/mol. The molecule has 6 nitrogen and oxygen atoms in total. The molecule has 3 atom stereocenters. The van der Waals surface area contributed by atoms with E-state index in [2.05, 4.69) is 15.3 Å². The number of halogens is 2. The molecule has 2 amide bonds. The molecule has 3 unspecified atom stereocenters. The molecule has 1 aromatic heterocycles. The molecule has 0 bridgehead atoms. The number of carbonyl (C=O) groups excluding carboxylic acids is 2. The molecule has 1 aliphatic heterocycles. The van der Waals surface area contributed by atoms with Crippen molar-refractivity contribution in [1.29, 1.82) is 0 Å². The van der Waals surface area contributed by atoms with E-state index in [-0.39, 0.29) is 31.1 Å². The fraction of sp³-hybridized carbons (Fsp3) is 0.333. The topological polar surface area (TPSA) is 75.2 Å². The van der Waals surface area contributed by atoms with E-state index in [0.29, 0.717) is 16.8 Å². The Hall–Kier alpha value is -3.68. The number of carbonyl (C=O) groups is 2. The Morgan fingerprint density at radius 3 is 2.54 bits per heavy atom. The summed E-state index contributed by atoms with van der Waals surface area (Å²) in [6, 6.07) is 12.5. The lowest BCUT2D eigenvalue weighted by Crippen LogP contribution is -2.47. The zero-order valence-electron chi connectivity index (χ0n) is 19.7. The first kappa shape index (κ1) is 24.4. The number of alkyl halides is 1. The number of nitrogens with one attached hydrogen (secondary N) is 1. The van der Waals surface area contributed by atoms with Gasteiger partial charge < -0.3 is 10.2 Å². The summed E-state index contributed by atoms with van der Waals surface area (Å²) in [5, 5.41) is 2.94. The first-order chi connectivity index (χ1) is 16.8. The minimum atomic E-state index is -1.31. The van der Waals surface area contributed by atoms with Gasteiger partial charge in [0.15, 0.2) is 0 Å². The predicted molar refractivity (Wildman–Crippen MR) is 128 cm³/mol. The Bertz CT molecular complexity index is 1170. The lowest BCUT2D eigenvalue weighted by Gasteiger charge is -2.27. The van der Waals surface area contributed by atoms with Gasteiger partial charge in [0, 0.05) is 25.0 Å². The predicted octanol–water partition coefficient (Wildman–Crippen LogP) is 4.13. The van der Waals surface area contributed by atoms with Gasteiger partial charge in [-0.15, -0.1) is 0 Å². The van der Waals surface area contributed by atoms with Crippen LogP contribution in [-0.4, -0.2) is 45.4 Å². The highest BCUT2D eigenvalue weighted by Gasteiger charge is 2.40. The molecule has 0 radical (unpaired) electrons. The average Bonchev–Trinajstić information content (AvgIpc) is 3.25. The summed E-state index contributed by atoms with van der Waals surface area (Å²) in [5.74, 6) is -1.21. The maximum absolute atomic E-state index is 14.8. The van der Waals surface area contributed by atoms with Crippen LogP contribution in [0.2, 0.25) is 0 Å². The highest BCUT2D eigenvalue weighted by molar-refractivity contribution is 5.89. The summed E-state index contributed by atoms with van der Waals surface area (Å²) in [6.07, 6.45) is 2.96. The molecular formula is C27H28F2N4O2. The van der Waals surface area contributed by atoms with Crippen LogP contribution in [-0.2, 0) is 16.0 Å². The van der Waals surface area contributed by atoms with Crippen LogP contribution in [0.5, 0.6) is 0 Å². The van der Waals surface area contributed by atoms with Gasteiger partial charge in [-0.1, -0.05) is 56.3 Å². The van der Waals surface area contributed by atoms with Gasteiger partial charge in [-0.3, -0.25) is 19.6 Å². The van der Waals surface area contributed by atoms with Crippen molar-refractivity contribution in [3.8, 4) is 0 Å². The highest BCUT2D eigenvalue weighted by Crippen LogP contribution is 2.28. The summed E-state index contributed by atoms with van der Waals surface area (Å²) < 4.78 is 29.2. The number of rotatable bonds is 7. The van der Waals surface area contributed by atoms with Crippen LogP contribution < -0.4 is 5.32 Å². The second kappa shape index (κ2) is 10.7.